The van der Waals surface area contributed by atoms with E-state index in [1.807, 2.05) is 17.5 Å². The first-order valence-electron chi connectivity index (χ1n) is 8.15. The second-order valence-corrected chi connectivity index (χ2v) is 6.59. The second kappa shape index (κ2) is 7.16. The van der Waals surface area contributed by atoms with Crippen molar-refractivity contribution < 1.29 is 13.9 Å². The van der Waals surface area contributed by atoms with Crippen LogP contribution in [0.2, 0.25) is 0 Å². The van der Waals surface area contributed by atoms with Crippen molar-refractivity contribution in [2.75, 3.05) is 19.0 Å². The molecular weight excluding hydrogens is 367 g/mol. The van der Waals surface area contributed by atoms with Crippen LogP contribution >= 0.6 is 11.3 Å². The Morgan fingerprint density at radius 3 is 2.96 bits per heavy atom. The van der Waals surface area contributed by atoms with Crippen LogP contribution in [-0.4, -0.2) is 30.5 Å². The minimum Gasteiger partial charge on any atom is -0.482 e. The van der Waals surface area contributed by atoms with Crippen molar-refractivity contribution in [2.24, 2.45) is 10.1 Å². The summed E-state index contributed by atoms with van der Waals surface area (Å²) in [5.41, 5.74) is 2.59. The molecule has 4 rings (SSSR count). The molecule has 27 heavy (non-hydrogen) atoms. The topological polar surface area (TPSA) is 68.0 Å². The fourth-order valence-corrected chi connectivity index (χ4v) is 3.51. The van der Waals surface area contributed by atoms with E-state index in [-0.39, 0.29) is 18.3 Å². The molecule has 1 aliphatic rings. The number of carbonyl (C=O) groups is 1. The number of thiazole rings is 1. The minimum atomic E-state index is -0.345. The zero-order valence-electron chi connectivity index (χ0n) is 14.3. The molecule has 1 N–H and O–H groups in total. The van der Waals surface area contributed by atoms with Crippen molar-refractivity contribution in [3.8, 4) is 17.0 Å². The Morgan fingerprint density at radius 1 is 1.30 bits per heavy atom. The van der Waals surface area contributed by atoms with E-state index >= 15 is 0 Å². The molecule has 2 heterocycles. The number of nitrogens with one attached hydrogen (secondary N) is 1. The van der Waals surface area contributed by atoms with Gasteiger partial charge in [0.05, 0.1) is 17.6 Å². The standard InChI is InChI=1S/C19H15FN4O2S/c1-21-19-24(22-9-13-4-2-3-5-14(13)20)16(11-27-19)12-6-7-17-15(8-12)23-18(25)10-26-17/h2-9,11H,10H2,1H3,(H,23,25)/b21-19?,22-9-. The maximum atomic E-state index is 13.9. The Hall–Kier alpha value is -3.26. The van der Waals surface area contributed by atoms with Gasteiger partial charge >= 0.3 is 0 Å². The van der Waals surface area contributed by atoms with Gasteiger partial charge in [0.25, 0.3) is 5.91 Å². The van der Waals surface area contributed by atoms with Crippen LogP contribution in [0.15, 0.2) is 57.9 Å². The Labute approximate surface area is 158 Å². The van der Waals surface area contributed by atoms with Crippen molar-refractivity contribution in [2.45, 2.75) is 0 Å². The van der Waals surface area contributed by atoms with Gasteiger partial charge < -0.3 is 10.1 Å². The summed E-state index contributed by atoms with van der Waals surface area (Å²) in [6, 6.07) is 11.9. The van der Waals surface area contributed by atoms with Gasteiger partial charge in [0.1, 0.15) is 11.6 Å². The predicted molar refractivity (Wildman–Crippen MR) is 103 cm³/mol. The number of anilines is 1. The maximum absolute atomic E-state index is 13.9. The SMILES string of the molecule is CN=c1scc(-c2ccc3c(c2)NC(=O)CO3)n1/N=C\c1ccccc1F. The molecule has 0 aliphatic carbocycles. The van der Waals surface area contributed by atoms with Crippen LogP contribution in [-0.2, 0) is 4.79 Å². The number of benzene rings is 2. The van der Waals surface area contributed by atoms with Crippen molar-refractivity contribution in [3.05, 3.63) is 64.0 Å². The number of halogens is 1. The summed E-state index contributed by atoms with van der Waals surface area (Å²) in [6.07, 6.45) is 1.46. The summed E-state index contributed by atoms with van der Waals surface area (Å²) in [5.74, 6) is 0.0808. The summed E-state index contributed by atoms with van der Waals surface area (Å²) < 4.78 is 20.9. The molecule has 1 aromatic heterocycles. The number of rotatable bonds is 3. The molecule has 0 radical (unpaired) electrons. The Morgan fingerprint density at radius 2 is 2.15 bits per heavy atom. The van der Waals surface area contributed by atoms with E-state index in [0.717, 1.165) is 11.3 Å². The lowest BCUT2D eigenvalue weighted by Crippen LogP contribution is -2.25. The molecule has 0 fully saturated rings. The number of aromatic nitrogens is 1. The monoisotopic (exact) mass is 382 g/mol. The van der Waals surface area contributed by atoms with Gasteiger partial charge in [-0.2, -0.15) is 5.10 Å². The van der Waals surface area contributed by atoms with Gasteiger partial charge in [0.15, 0.2) is 6.61 Å². The first-order chi connectivity index (χ1) is 13.2. The van der Waals surface area contributed by atoms with Crippen LogP contribution in [0.25, 0.3) is 11.3 Å². The molecule has 1 aliphatic heterocycles. The highest BCUT2D eigenvalue weighted by atomic mass is 32.1. The van der Waals surface area contributed by atoms with E-state index in [1.54, 1.807) is 36.0 Å². The molecule has 6 nitrogen and oxygen atoms in total. The van der Waals surface area contributed by atoms with Crippen molar-refractivity contribution in [1.29, 1.82) is 0 Å². The number of fused-ring (bicyclic) bond motifs is 1. The highest BCUT2D eigenvalue weighted by Crippen LogP contribution is 2.32. The summed E-state index contributed by atoms with van der Waals surface area (Å²) in [5, 5.41) is 9.13. The number of hydrogen-bond donors (Lipinski definition) is 1. The highest BCUT2D eigenvalue weighted by molar-refractivity contribution is 7.07. The Kier molecular flexibility index (Phi) is 4.55. The van der Waals surface area contributed by atoms with Crippen molar-refractivity contribution in [1.82, 2.24) is 4.68 Å². The number of nitrogens with zero attached hydrogens (tertiary/aromatic N) is 3. The predicted octanol–water partition coefficient (Wildman–Crippen LogP) is 3.10. The molecular formula is C19H15FN4O2S. The smallest absolute Gasteiger partial charge is 0.262 e. The molecule has 0 spiro atoms. The van der Waals surface area contributed by atoms with Gasteiger partial charge in [-0.1, -0.05) is 18.2 Å². The molecule has 3 aromatic rings. The number of carbonyl (C=O) groups excluding carboxylic acids is 1. The molecule has 1 amide bonds. The van der Waals surface area contributed by atoms with Crippen LogP contribution in [0, 0.1) is 5.82 Å². The fourth-order valence-electron chi connectivity index (χ4n) is 2.70. The van der Waals surface area contributed by atoms with E-state index in [0.29, 0.717) is 21.8 Å². The molecule has 0 saturated carbocycles. The zero-order chi connectivity index (χ0) is 18.8. The largest absolute Gasteiger partial charge is 0.482 e. The molecule has 2 aromatic carbocycles. The third-order valence-electron chi connectivity index (χ3n) is 4.00. The van der Waals surface area contributed by atoms with Gasteiger partial charge in [0.2, 0.25) is 4.80 Å². The molecule has 0 atom stereocenters. The molecule has 0 bridgehead atoms. The van der Waals surface area contributed by atoms with Crippen LogP contribution in [0.5, 0.6) is 5.75 Å². The van der Waals surface area contributed by atoms with E-state index < -0.39 is 0 Å². The maximum Gasteiger partial charge on any atom is 0.262 e. The molecule has 0 saturated heterocycles. The van der Waals surface area contributed by atoms with Gasteiger partial charge in [-0.15, -0.1) is 11.3 Å². The average molecular weight is 382 g/mol. The summed E-state index contributed by atoms with van der Waals surface area (Å²) in [4.78, 5) is 16.5. The quantitative estimate of drug-likeness (QED) is 0.708. The summed E-state index contributed by atoms with van der Waals surface area (Å²) in [7, 11) is 1.67. The normalized spacial score (nSPS) is 14.1. The van der Waals surface area contributed by atoms with E-state index in [4.69, 9.17) is 4.74 Å². The number of ether oxygens (including phenoxy) is 1. The van der Waals surface area contributed by atoms with Crippen LogP contribution in [0.1, 0.15) is 5.56 Å². The Bertz CT molecular complexity index is 1120. The molecule has 0 unspecified atom stereocenters. The van der Waals surface area contributed by atoms with Gasteiger partial charge in [-0.05, 0) is 24.3 Å². The van der Waals surface area contributed by atoms with Gasteiger partial charge in [0, 0.05) is 23.6 Å². The van der Waals surface area contributed by atoms with E-state index in [9.17, 15) is 9.18 Å². The molecule has 8 heteroatoms. The van der Waals surface area contributed by atoms with Crippen LogP contribution in [0.3, 0.4) is 0 Å². The highest BCUT2D eigenvalue weighted by Gasteiger charge is 2.17. The first-order valence-corrected chi connectivity index (χ1v) is 9.03. The van der Waals surface area contributed by atoms with E-state index in [1.165, 1.54) is 23.6 Å². The van der Waals surface area contributed by atoms with E-state index in [2.05, 4.69) is 15.4 Å². The van der Waals surface area contributed by atoms with Crippen molar-refractivity contribution >= 4 is 29.1 Å². The lowest BCUT2D eigenvalue weighted by molar-refractivity contribution is -0.118. The number of hydrogen-bond acceptors (Lipinski definition) is 5. The fraction of sp³-hybridized carbons (Fsp3) is 0.105. The summed E-state index contributed by atoms with van der Waals surface area (Å²) in [6.45, 7) is 0.0105. The summed E-state index contributed by atoms with van der Waals surface area (Å²) >= 11 is 1.42. The van der Waals surface area contributed by atoms with Gasteiger partial charge in [-0.3, -0.25) is 9.79 Å². The third kappa shape index (κ3) is 3.39. The lowest BCUT2D eigenvalue weighted by Gasteiger charge is -2.18. The third-order valence-corrected chi connectivity index (χ3v) is 4.91. The van der Waals surface area contributed by atoms with Crippen molar-refractivity contribution in [3.63, 3.8) is 0 Å². The van der Waals surface area contributed by atoms with Crippen LogP contribution < -0.4 is 14.9 Å². The Balaban J connectivity index is 1.77. The first kappa shape index (κ1) is 17.2. The molecule has 136 valence electrons. The minimum absolute atomic E-state index is 0.0105. The lowest BCUT2D eigenvalue weighted by atomic mass is 10.1. The average Bonchev–Trinajstić information content (AvgIpc) is 3.09. The second-order valence-electron chi connectivity index (χ2n) is 5.75. The number of amides is 1. The van der Waals surface area contributed by atoms with Gasteiger partial charge in [-0.25, -0.2) is 9.07 Å². The zero-order valence-corrected chi connectivity index (χ0v) is 15.2. The van der Waals surface area contributed by atoms with Crippen LogP contribution in [0.4, 0.5) is 10.1 Å².